The molecule has 0 aromatic rings. The molecule has 4 nitrogen and oxygen atoms in total. The van der Waals surface area contributed by atoms with Crippen LogP contribution in [0.2, 0.25) is 70.0 Å². The summed E-state index contributed by atoms with van der Waals surface area (Å²) in [6.07, 6.45) is 7.40. The Bertz CT molecular complexity index is 728. The summed E-state index contributed by atoms with van der Waals surface area (Å²) in [5, 5.41) is -0.241. The average molecular weight is 575 g/mol. The number of hydrogen-bond acceptors (Lipinski definition) is 4. The lowest BCUT2D eigenvalue weighted by molar-refractivity contribution is 0.0870. The van der Waals surface area contributed by atoms with Crippen molar-refractivity contribution in [2.24, 2.45) is 5.92 Å². The first-order valence-corrected chi connectivity index (χ1v) is 27.3. The summed E-state index contributed by atoms with van der Waals surface area (Å²) in [6, 6.07) is 1.16. The predicted molar refractivity (Wildman–Crippen MR) is 166 cm³/mol. The first-order chi connectivity index (χ1) is 16.0. The lowest BCUT2D eigenvalue weighted by Crippen LogP contribution is -2.63. The molecule has 8 heteroatoms. The Morgan fingerprint density at radius 2 is 1.44 bits per heavy atom. The van der Waals surface area contributed by atoms with E-state index in [1.54, 1.807) is 0 Å². The molecule has 2 rings (SSSR count). The Morgan fingerprint density at radius 3 is 1.92 bits per heavy atom. The van der Waals surface area contributed by atoms with E-state index >= 15 is 0 Å². The summed E-state index contributed by atoms with van der Waals surface area (Å²) < 4.78 is 27.2. The molecular formula is C28H62O4Si4. The zero-order valence-electron chi connectivity index (χ0n) is 26.8. The molecule has 0 aromatic carbocycles. The van der Waals surface area contributed by atoms with Gasteiger partial charge in [0.05, 0.1) is 25.5 Å². The maximum Gasteiger partial charge on any atom is 0.219 e. The molecule has 1 aliphatic heterocycles. The van der Waals surface area contributed by atoms with Crippen molar-refractivity contribution < 1.29 is 18.0 Å². The molecule has 1 saturated heterocycles. The van der Waals surface area contributed by atoms with Crippen molar-refractivity contribution in [2.75, 3.05) is 0 Å². The zero-order chi connectivity index (χ0) is 28.0. The van der Waals surface area contributed by atoms with Crippen molar-refractivity contribution in [2.45, 2.75) is 173 Å². The maximum atomic E-state index is 7.40. The molecule has 0 radical (unpaired) electrons. The van der Waals surface area contributed by atoms with Gasteiger partial charge in [-0.25, -0.2) is 0 Å². The Kier molecular flexibility index (Phi) is 10.3. The molecule has 0 N–H and O–H groups in total. The van der Waals surface area contributed by atoms with Crippen LogP contribution in [0.4, 0.5) is 0 Å². The van der Waals surface area contributed by atoms with Gasteiger partial charge in [0.1, 0.15) is 0 Å². The highest BCUT2D eigenvalue weighted by Crippen LogP contribution is 2.48. The van der Waals surface area contributed by atoms with Crippen LogP contribution < -0.4 is 0 Å². The zero-order valence-corrected chi connectivity index (χ0v) is 30.8. The SMILES string of the molecule is CCC(O[Si](C)(C)C(C)(C)C(C)O[Si](C)(CCC1CCC2OC2C1)C(C)(C)O[Si](C)(C)C)[Si](C)(C)C. The second-order valence-electron chi connectivity index (χ2n) is 15.8. The maximum absolute atomic E-state index is 7.40. The van der Waals surface area contributed by atoms with Gasteiger partial charge in [-0.15, -0.1) is 0 Å². The van der Waals surface area contributed by atoms with Crippen LogP contribution in [-0.2, 0) is 18.0 Å². The van der Waals surface area contributed by atoms with E-state index in [4.69, 9.17) is 18.0 Å². The molecule has 36 heavy (non-hydrogen) atoms. The summed E-state index contributed by atoms with van der Waals surface area (Å²) in [5.74, 6) is 0.770. The number of rotatable bonds is 14. The van der Waals surface area contributed by atoms with Gasteiger partial charge in [-0.1, -0.05) is 46.8 Å². The third-order valence-electron chi connectivity index (χ3n) is 9.76. The molecular weight excluding hydrogens is 513 g/mol. The van der Waals surface area contributed by atoms with Crippen LogP contribution in [0.3, 0.4) is 0 Å². The molecule has 2 fully saturated rings. The molecule has 0 amide bonds. The topological polar surface area (TPSA) is 40.2 Å². The van der Waals surface area contributed by atoms with Gasteiger partial charge in [0.25, 0.3) is 0 Å². The molecule has 6 atom stereocenters. The van der Waals surface area contributed by atoms with Crippen LogP contribution in [0, 0.1) is 5.92 Å². The number of ether oxygens (including phenoxy) is 1. The van der Waals surface area contributed by atoms with Crippen molar-refractivity contribution in [1.82, 2.24) is 0 Å². The summed E-state index contributed by atoms with van der Waals surface area (Å²) in [6.45, 7) is 35.7. The van der Waals surface area contributed by atoms with Gasteiger partial charge in [-0.05, 0) is 97.7 Å². The number of hydrogen-bond donors (Lipinski definition) is 0. The van der Waals surface area contributed by atoms with E-state index in [1.807, 2.05) is 0 Å². The molecule has 0 bridgehead atoms. The van der Waals surface area contributed by atoms with E-state index in [0.717, 1.165) is 18.4 Å². The lowest BCUT2D eigenvalue weighted by Gasteiger charge is -2.52. The van der Waals surface area contributed by atoms with Crippen molar-refractivity contribution in [3.63, 3.8) is 0 Å². The van der Waals surface area contributed by atoms with Gasteiger partial charge < -0.3 is 18.0 Å². The van der Waals surface area contributed by atoms with E-state index < -0.39 is 33.0 Å². The minimum atomic E-state index is -2.27. The fourth-order valence-electron chi connectivity index (χ4n) is 6.01. The minimum Gasteiger partial charge on any atom is -0.417 e. The highest BCUT2D eigenvalue weighted by atomic mass is 28.4. The standard InChI is InChI=1S/C28H62O4Si4/c1-16-26(33(7,8)9)31-35(13,14)27(3,4)22(2)30-36(15,28(5,6)32-34(10,11)12)20-19-23-17-18-24-25(21-23)29-24/h22-26H,16-21H2,1-15H3. The van der Waals surface area contributed by atoms with E-state index in [-0.39, 0.29) is 16.4 Å². The first-order valence-electron chi connectivity index (χ1n) is 14.8. The Balaban J connectivity index is 2.25. The monoisotopic (exact) mass is 574 g/mol. The average Bonchev–Trinajstić information content (AvgIpc) is 3.46. The van der Waals surface area contributed by atoms with Gasteiger partial charge in [0.2, 0.25) is 8.32 Å². The van der Waals surface area contributed by atoms with Crippen LogP contribution in [-0.4, -0.2) is 62.3 Å². The van der Waals surface area contributed by atoms with Gasteiger partial charge in [-0.3, -0.25) is 0 Å². The van der Waals surface area contributed by atoms with Crippen LogP contribution >= 0.6 is 0 Å². The van der Waals surface area contributed by atoms with E-state index in [1.165, 1.54) is 25.7 Å². The van der Waals surface area contributed by atoms with Gasteiger partial charge >= 0.3 is 0 Å². The molecule has 1 aliphatic carbocycles. The Hall–Kier alpha value is 0.708. The van der Waals surface area contributed by atoms with Crippen molar-refractivity contribution in [3.8, 4) is 0 Å². The fraction of sp³-hybridized carbons (Fsp3) is 1.00. The molecule has 1 heterocycles. The van der Waals surface area contributed by atoms with Crippen molar-refractivity contribution in [3.05, 3.63) is 0 Å². The molecule has 2 aliphatic rings. The Labute approximate surface area is 229 Å². The van der Waals surface area contributed by atoms with E-state index in [2.05, 4.69) is 100 Å². The van der Waals surface area contributed by atoms with Crippen LogP contribution in [0.25, 0.3) is 0 Å². The second-order valence-corrected chi connectivity index (χ2v) is 34.5. The molecule has 0 aromatic heterocycles. The number of epoxide rings is 1. The summed E-state index contributed by atoms with van der Waals surface area (Å²) in [4.78, 5) is 0. The van der Waals surface area contributed by atoms with E-state index in [0.29, 0.717) is 17.9 Å². The van der Waals surface area contributed by atoms with Crippen LogP contribution in [0.1, 0.15) is 73.6 Å². The van der Waals surface area contributed by atoms with Crippen LogP contribution in [0.15, 0.2) is 0 Å². The van der Waals surface area contributed by atoms with Crippen LogP contribution in [0.5, 0.6) is 0 Å². The van der Waals surface area contributed by atoms with Gasteiger partial charge in [0, 0.05) is 16.9 Å². The summed E-state index contributed by atoms with van der Waals surface area (Å²) in [5.41, 5.74) is 0.403. The van der Waals surface area contributed by atoms with Crippen molar-refractivity contribution in [1.29, 1.82) is 0 Å². The first kappa shape index (κ1) is 32.9. The summed E-state index contributed by atoms with van der Waals surface area (Å²) in [7, 11) is -7.46. The fourth-order valence-corrected chi connectivity index (χ4v) is 18.2. The lowest BCUT2D eigenvalue weighted by atomic mass is 9.87. The number of fused-ring (bicyclic) bond motifs is 1. The third kappa shape index (κ3) is 8.12. The van der Waals surface area contributed by atoms with Gasteiger partial charge in [-0.2, -0.15) is 0 Å². The molecule has 1 saturated carbocycles. The second kappa shape index (κ2) is 11.3. The minimum absolute atomic E-state index is 0.0104. The third-order valence-corrected chi connectivity index (χ3v) is 22.9. The molecule has 6 unspecified atom stereocenters. The van der Waals surface area contributed by atoms with E-state index in [9.17, 15) is 0 Å². The molecule has 0 spiro atoms. The quantitative estimate of drug-likeness (QED) is 0.154. The van der Waals surface area contributed by atoms with Gasteiger partial charge in [0.15, 0.2) is 16.6 Å². The summed E-state index contributed by atoms with van der Waals surface area (Å²) >= 11 is 0. The van der Waals surface area contributed by atoms with Crippen molar-refractivity contribution >= 4 is 33.0 Å². The predicted octanol–water partition coefficient (Wildman–Crippen LogP) is 8.75. The smallest absolute Gasteiger partial charge is 0.219 e. The molecule has 214 valence electrons. The normalized spacial score (nSPS) is 27.2. The highest BCUT2D eigenvalue weighted by Gasteiger charge is 2.54. The highest BCUT2D eigenvalue weighted by molar-refractivity contribution is 6.80. The largest absolute Gasteiger partial charge is 0.417 e. The Morgan fingerprint density at radius 1 is 0.861 bits per heavy atom.